The first kappa shape index (κ1) is 14.7. The second kappa shape index (κ2) is 5.90. The van der Waals surface area contributed by atoms with Crippen molar-refractivity contribution < 1.29 is 9.21 Å². The minimum atomic E-state index is -0.525. The third kappa shape index (κ3) is 2.88. The van der Waals surface area contributed by atoms with Crippen LogP contribution in [0.1, 0.15) is 16.1 Å². The monoisotopic (exact) mass is 333 g/mol. The van der Waals surface area contributed by atoms with Gasteiger partial charge < -0.3 is 4.42 Å². The third-order valence-corrected chi connectivity index (χ3v) is 4.72. The highest BCUT2D eigenvalue weighted by Crippen LogP contribution is 2.23. The van der Waals surface area contributed by atoms with Gasteiger partial charge in [-0.3, -0.25) is 14.9 Å². The fourth-order valence-electron chi connectivity index (χ4n) is 1.88. The van der Waals surface area contributed by atoms with Gasteiger partial charge in [0.2, 0.25) is 5.13 Å². The van der Waals surface area contributed by atoms with Gasteiger partial charge in [0.15, 0.2) is 15.5 Å². The molecule has 2 heterocycles. The van der Waals surface area contributed by atoms with Crippen LogP contribution in [0.2, 0.25) is 0 Å². The Kier molecular flexibility index (Phi) is 3.95. The number of carbonyl (C=O) groups is 1. The van der Waals surface area contributed by atoms with E-state index in [1.165, 1.54) is 29.2 Å². The van der Waals surface area contributed by atoms with Crippen molar-refractivity contribution in [1.82, 2.24) is 10.2 Å². The summed E-state index contributed by atoms with van der Waals surface area (Å²) in [6.07, 6.45) is 1.87. The molecule has 0 atom stereocenters. The molecule has 3 rings (SSSR count). The summed E-state index contributed by atoms with van der Waals surface area (Å²) in [5, 5.41) is 11.1. The lowest BCUT2D eigenvalue weighted by Gasteiger charge is -2.03. The molecule has 0 fully saturated rings. The average Bonchev–Trinajstić information content (AvgIpc) is 2.95. The van der Waals surface area contributed by atoms with Gasteiger partial charge in [0.25, 0.3) is 5.91 Å². The number of amides is 1. The molecule has 0 radical (unpaired) electrons. The number of rotatable bonds is 3. The number of hydrogen-bond donors (Lipinski definition) is 1. The molecule has 6 nitrogen and oxygen atoms in total. The van der Waals surface area contributed by atoms with Gasteiger partial charge in [-0.1, -0.05) is 34.7 Å². The second-order valence-corrected chi connectivity index (χ2v) is 6.54. The van der Waals surface area contributed by atoms with Crippen molar-refractivity contribution in [3.63, 3.8) is 0 Å². The maximum atomic E-state index is 12.2. The van der Waals surface area contributed by atoms with Gasteiger partial charge in [-0.25, -0.2) is 0 Å². The lowest BCUT2D eigenvalue weighted by molar-refractivity contribution is 0.0997. The summed E-state index contributed by atoms with van der Waals surface area (Å²) in [6.45, 7) is 1.89. The molecule has 0 saturated heterocycles. The number of nitrogens with zero attached hydrogens (tertiary/aromatic N) is 2. The molecule has 0 saturated carbocycles. The molecule has 1 N–H and O–H groups in total. The third-order valence-electron chi connectivity index (χ3n) is 2.91. The van der Waals surface area contributed by atoms with E-state index in [0.717, 1.165) is 9.90 Å². The zero-order valence-corrected chi connectivity index (χ0v) is 13.4. The van der Waals surface area contributed by atoms with Gasteiger partial charge in [-0.15, -0.1) is 10.2 Å². The lowest BCUT2D eigenvalue weighted by atomic mass is 10.1. The Hall–Kier alpha value is -2.19. The van der Waals surface area contributed by atoms with Crippen molar-refractivity contribution in [2.75, 3.05) is 11.6 Å². The average molecular weight is 333 g/mol. The molecule has 1 amide bonds. The van der Waals surface area contributed by atoms with Crippen LogP contribution < -0.4 is 10.7 Å². The zero-order chi connectivity index (χ0) is 15.7. The molecule has 8 heteroatoms. The standard InChI is InChI=1S/C14H11N3O3S2/c1-7-3-4-10-8(5-7)9(18)6-11(20-10)12(19)15-13-16-17-14(21-2)22-13/h3-6H,1-2H3,(H,15,16,19). The summed E-state index contributed by atoms with van der Waals surface area (Å²) in [5.41, 5.74) is 1.08. The predicted octanol–water partition coefficient (Wildman–Crippen LogP) is 2.93. The second-order valence-electron chi connectivity index (χ2n) is 4.51. The quantitative estimate of drug-likeness (QED) is 0.586. The van der Waals surface area contributed by atoms with Gasteiger partial charge in [-0.2, -0.15) is 0 Å². The molecular formula is C14H11N3O3S2. The van der Waals surface area contributed by atoms with Crippen molar-refractivity contribution in [1.29, 1.82) is 0 Å². The maximum Gasteiger partial charge on any atom is 0.293 e. The van der Waals surface area contributed by atoms with Crippen LogP contribution in [0.5, 0.6) is 0 Å². The fraction of sp³-hybridized carbons (Fsp3) is 0.143. The molecule has 3 aromatic rings. The van der Waals surface area contributed by atoms with Gasteiger partial charge in [0.1, 0.15) is 5.58 Å². The molecule has 1 aromatic carbocycles. The molecule has 22 heavy (non-hydrogen) atoms. The molecular weight excluding hydrogens is 322 g/mol. The van der Waals surface area contributed by atoms with Crippen LogP contribution in [-0.2, 0) is 0 Å². The Morgan fingerprint density at radius 1 is 1.32 bits per heavy atom. The molecule has 112 valence electrons. The van der Waals surface area contributed by atoms with E-state index in [0.29, 0.717) is 16.1 Å². The predicted molar refractivity (Wildman–Crippen MR) is 86.9 cm³/mol. The Bertz CT molecular complexity index is 917. The highest BCUT2D eigenvalue weighted by molar-refractivity contribution is 8.00. The largest absolute Gasteiger partial charge is 0.451 e. The first-order valence-electron chi connectivity index (χ1n) is 6.30. The molecule has 0 aliphatic rings. The number of fused-ring (bicyclic) bond motifs is 1. The Balaban J connectivity index is 1.94. The van der Waals surface area contributed by atoms with Crippen LogP contribution in [0.3, 0.4) is 0 Å². The summed E-state index contributed by atoms with van der Waals surface area (Å²) in [4.78, 5) is 24.3. The number of benzene rings is 1. The molecule has 0 unspecified atom stereocenters. The number of thioether (sulfide) groups is 1. The first-order chi connectivity index (χ1) is 10.6. The number of anilines is 1. The maximum absolute atomic E-state index is 12.2. The van der Waals surface area contributed by atoms with Gasteiger partial charge in [0.05, 0.1) is 5.39 Å². The number of nitrogens with one attached hydrogen (secondary N) is 1. The van der Waals surface area contributed by atoms with Crippen molar-refractivity contribution >= 4 is 45.1 Å². The highest BCUT2D eigenvalue weighted by Gasteiger charge is 2.15. The fourth-order valence-corrected chi connectivity index (χ4v) is 3.05. The summed E-state index contributed by atoms with van der Waals surface area (Å²) in [7, 11) is 0. The number of aryl methyl sites for hydroxylation is 1. The summed E-state index contributed by atoms with van der Waals surface area (Å²) >= 11 is 2.69. The van der Waals surface area contributed by atoms with Crippen molar-refractivity contribution in [2.45, 2.75) is 11.3 Å². The van der Waals surface area contributed by atoms with Crippen LogP contribution >= 0.6 is 23.1 Å². The first-order valence-corrected chi connectivity index (χ1v) is 8.34. The number of hydrogen-bond acceptors (Lipinski definition) is 7. The minimum absolute atomic E-state index is 0.0535. The van der Waals surface area contributed by atoms with Gasteiger partial charge in [0, 0.05) is 6.07 Å². The smallest absolute Gasteiger partial charge is 0.293 e. The molecule has 0 spiro atoms. The minimum Gasteiger partial charge on any atom is -0.451 e. The van der Waals surface area contributed by atoms with Crippen LogP contribution in [-0.4, -0.2) is 22.4 Å². The van der Waals surface area contributed by atoms with Crippen LogP contribution in [0.15, 0.2) is 37.8 Å². The van der Waals surface area contributed by atoms with E-state index in [4.69, 9.17) is 4.42 Å². The Labute approximate surface area is 133 Å². The Morgan fingerprint density at radius 2 is 2.14 bits per heavy atom. The SMILES string of the molecule is CSc1nnc(NC(=O)c2cc(=O)c3cc(C)ccc3o2)s1. The topological polar surface area (TPSA) is 85.1 Å². The summed E-state index contributed by atoms with van der Waals surface area (Å²) in [6, 6.07) is 6.42. The molecule has 0 bridgehead atoms. The zero-order valence-electron chi connectivity index (χ0n) is 11.7. The van der Waals surface area contributed by atoms with Crippen LogP contribution in [0.25, 0.3) is 11.0 Å². The van der Waals surface area contributed by atoms with E-state index < -0.39 is 5.91 Å². The van der Waals surface area contributed by atoms with E-state index in [9.17, 15) is 9.59 Å². The van der Waals surface area contributed by atoms with E-state index in [1.807, 2.05) is 19.2 Å². The number of carbonyl (C=O) groups excluding carboxylic acids is 1. The van der Waals surface area contributed by atoms with Crippen molar-refractivity contribution in [3.8, 4) is 0 Å². The van der Waals surface area contributed by atoms with Crippen LogP contribution in [0, 0.1) is 6.92 Å². The van der Waals surface area contributed by atoms with E-state index in [2.05, 4.69) is 15.5 Å². The highest BCUT2D eigenvalue weighted by atomic mass is 32.2. The molecule has 2 aromatic heterocycles. The van der Waals surface area contributed by atoms with Crippen molar-refractivity contribution in [2.24, 2.45) is 0 Å². The van der Waals surface area contributed by atoms with E-state index in [1.54, 1.807) is 12.1 Å². The normalized spacial score (nSPS) is 10.8. The summed E-state index contributed by atoms with van der Waals surface area (Å²) in [5.74, 6) is -0.578. The number of aromatic nitrogens is 2. The van der Waals surface area contributed by atoms with Crippen LogP contribution in [0.4, 0.5) is 5.13 Å². The lowest BCUT2D eigenvalue weighted by Crippen LogP contribution is -2.14. The summed E-state index contributed by atoms with van der Waals surface area (Å²) < 4.78 is 6.25. The molecule has 0 aliphatic carbocycles. The van der Waals surface area contributed by atoms with E-state index >= 15 is 0 Å². The van der Waals surface area contributed by atoms with Gasteiger partial charge in [-0.05, 0) is 25.3 Å². The van der Waals surface area contributed by atoms with E-state index in [-0.39, 0.29) is 11.2 Å². The Morgan fingerprint density at radius 3 is 2.86 bits per heavy atom. The molecule has 0 aliphatic heterocycles. The van der Waals surface area contributed by atoms with Crippen molar-refractivity contribution in [3.05, 3.63) is 45.8 Å². The van der Waals surface area contributed by atoms with Gasteiger partial charge >= 0.3 is 0 Å².